The number of hydrogen-bond acceptors (Lipinski definition) is 3. The maximum absolute atomic E-state index is 12.2. The van der Waals surface area contributed by atoms with Gasteiger partial charge >= 0.3 is 0 Å². The van der Waals surface area contributed by atoms with Gasteiger partial charge in [0.25, 0.3) is 0 Å². The average molecular weight is 361 g/mol. The molecule has 0 spiro atoms. The highest BCUT2D eigenvalue weighted by atomic mass is 35.5. The van der Waals surface area contributed by atoms with Crippen molar-refractivity contribution >= 4 is 40.5 Å². The van der Waals surface area contributed by atoms with Crippen LogP contribution in [0.2, 0.25) is 10.0 Å². The number of aromatic nitrogens is 2. The molecule has 3 rings (SSSR count). The zero-order chi connectivity index (χ0) is 17.1. The number of amides is 1. The molecule has 1 amide bonds. The predicted octanol–water partition coefficient (Wildman–Crippen LogP) is 3.94. The van der Waals surface area contributed by atoms with Crippen molar-refractivity contribution in [3.05, 3.63) is 70.5 Å². The van der Waals surface area contributed by atoms with E-state index in [0.717, 1.165) is 11.3 Å². The fraction of sp³-hybridized carbons (Fsp3) is 0.0588. The van der Waals surface area contributed by atoms with E-state index >= 15 is 0 Å². The standard InChI is InChI=1S/C17H14Cl2N4O/c18-14-7-12(8-15(19)17(14)20)22-16(24)6-11-9-21-23(10-11)13-4-2-1-3-5-13/h1-5,7-10H,6,20H2,(H,22,24). The first-order valence-corrected chi connectivity index (χ1v) is 7.92. The summed E-state index contributed by atoms with van der Waals surface area (Å²) in [5.74, 6) is -0.195. The van der Waals surface area contributed by atoms with Gasteiger partial charge < -0.3 is 11.1 Å². The van der Waals surface area contributed by atoms with Crippen LogP contribution in [0.15, 0.2) is 54.9 Å². The number of carbonyl (C=O) groups excluding carboxylic acids is 1. The normalized spacial score (nSPS) is 10.6. The van der Waals surface area contributed by atoms with Crippen molar-refractivity contribution in [3.8, 4) is 5.69 Å². The third-order valence-electron chi connectivity index (χ3n) is 3.38. The first-order valence-electron chi connectivity index (χ1n) is 7.16. The number of rotatable bonds is 4. The number of nitrogens with zero attached hydrogens (tertiary/aromatic N) is 2. The molecule has 1 aromatic heterocycles. The minimum Gasteiger partial charge on any atom is -0.396 e. The first kappa shape index (κ1) is 16.4. The summed E-state index contributed by atoms with van der Waals surface area (Å²) in [6.45, 7) is 0. The van der Waals surface area contributed by atoms with Crippen LogP contribution >= 0.6 is 23.2 Å². The van der Waals surface area contributed by atoms with Gasteiger partial charge in [-0.2, -0.15) is 5.10 Å². The Hall–Kier alpha value is -2.50. The van der Waals surface area contributed by atoms with E-state index in [1.54, 1.807) is 23.0 Å². The molecule has 3 aromatic rings. The molecule has 0 unspecified atom stereocenters. The quantitative estimate of drug-likeness (QED) is 0.692. The molecule has 0 fully saturated rings. The Morgan fingerprint density at radius 3 is 2.50 bits per heavy atom. The Labute approximate surface area is 149 Å². The Morgan fingerprint density at radius 2 is 1.83 bits per heavy atom. The lowest BCUT2D eigenvalue weighted by molar-refractivity contribution is -0.115. The van der Waals surface area contributed by atoms with Crippen LogP contribution in [0.5, 0.6) is 0 Å². The molecule has 2 aromatic carbocycles. The molecule has 0 saturated heterocycles. The number of benzene rings is 2. The van der Waals surface area contributed by atoms with Crippen molar-refractivity contribution in [3.63, 3.8) is 0 Å². The van der Waals surface area contributed by atoms with Crippen molar-refractivity contribution in [1.29, 1.82) is 0 Å². The fourth-order valence-electron chi connectivity index (χ4n) is 2.22. The van der Waals surface area contributed by atoms with Crippen LogP contribution in [-0.2, 0) is 11.2 Å². The van der Waals surface area contributed by atoms with Gasteiger partial charge in [-0.15, -0.1) is 0 Å². The third kappa shape index (κ3) is 3.69. The lowest BCUT2D eigenvalue weighted by Gasteiger charge is -2.08. The molecule has 1 heterocycles. The number of carbonyl (C=O) groups is 1. The molecule has 0 saturated carbocycles. The van der Waals surface area contributed by atoms with Crippen LogP contribution < -0.4 is 11.1 Å². The lowest BCUT2D eigenvalue weighted by Crippen LogP contribution is -2.14. The number of anilines is 2. The Morgan fingerprint density at radius 1 is 1.17 bits per heavy atom. The Bertz CT molecular complexity index is 854. The smallest absolute Gasteiger partial charge is 0.228 e. The van der Waals surface area contributed by atoms with E-state index in [9.17, 15) is 4.79 Å². The molecular formula is C17H14Cl2N4O. The summed E-state index contributed by atoms with van der Waals surface area (Å²) in [6.07, 6.45) is 3.67. The molecule has 0 radical (unpaired) electrons. The highest BCUT2D eigenvalue weighted by Crippen LogP contribution is 2.31. The number of halogens is 2. The maximum Gasteiger partial charge on any atom is 0.228 e. The molecule has 0 aliphatic carbocycles. The van der Waals surface area contributed by atoms with Gasteiger partial charge in [-0.05, 0) is 29.8 Å². The van der Waals surface area contributed by atoms with Crippen LogP contribution in [0.1, 0.15) is 5.56 Å². The number of nitrogens with one attached hydrogen (secondary N) is 1. The van der Waals surface area contributed by atoms with E-state index in [-0.39, 0.29) is 12.3 Å². The summed E-state index contributed by atoms with van der Waals surface area (Å²) in [4.78, 5) is 12.2. The van der Waals surface area contributed by atoms with E-state index in [0.29, 0.717) is 21.4 Å². The molecule has 5 nitrogen and oxygen atoms in total. The van der Waals surface area contributed by atoms with Gasteiger partial charge in [-0.25, -0.2) is 4.68 Å². The fourth-order valence-corrected chi connectivity index (χ4v) is 2.71. The van der Waals surface area contributed by atoms with Crippen molar-refractivity contribution in [2.45, 2.75) is 6.42 Å². The molecular weight excluding hydrogens is 347 g/mol. The predicted molar refractivity (Wildman–Crippen MR) is 96.8 cm³/mol. The van der Waals surface area contributed by atoms with Crippen molar-refractivity contribution < 1.29 is 4.79 Å². The first-order chi connectivity index (χ1) is 11.5. The van der Waals surface area contributed by atoms with E-state index in [1.807, 2.05) is 36.5 Å². The molecule has 122 valence electrons. The van der Waals surface area contributed by atoms with Crippen molar-refractivity contribution in [2.75, 3.05) is 11.1 Å². The van der Waals surface area contributed by atoms with E-state index in [2.05, 4.69) is 10.4 Å². The number of para-hydroxylation sites is 1. The average Bonchev–Trinajstić information content (AvgIpc) is 3.01. The summed E-state index contributed by atoms with van der Waals surface area (Å²) in [7, 11) is 0. The van der Waals surface area contributed by atoms with Gasteiger partial charge in [-0.3, -0.25) is 4.79 Å². The lowest BCUT2D eigenvalue weighted by atomic mass is 10.2. The Balaban J connectivity index is 1.69. The monoisotopic (exact) mass is 360 g/mol. The zero-order valence-corrected chi connectivity index (χ0v) is 14.1. The summed E-state index contributed by atoms with van der Waals surface area (Å²) in [5.41, 5.74) is 8.19. The second kappa shape index (κ2) is 6.95. The second-order valence-electron chi connectivity index (χ2n) is 5.21. The highest BCUT2D eigenvalue weighted by molar-refractivity contribution is 6.39. The summed E-state index contributed by atoms with van der Waals surface area (Å²) >= 11 is 11.9. The molecule has 0 aliphatic rings. The second-order valence-corrected chi connectivity index (χ2v) is 6.02. The topological polar surface area (TPSA) is 72.9 Å². The minimum absolute atomic E-state index is 0.187. The number of nitrogens with two attached hydrogens (primary N) is 1. The van der Waals surface area contributed by atoms with Gasteiger partial charge in [0.15, 0.2) is 0 Å². The van der Waals surface area contributed by atoms with Crippen LogP contribution in [0.25, 0.3) is 5.69 Å². The molecule has 7 heteroatoms. The van der Waals surface area contributed by atoms with Gasteiger partial charge in [0.1, 0.15) is 0 Å². The minimum atomic E-state index is -0.195. The molecule has 0 bridgehead atoms. The van der Waals surface area contributed by atoms with Crippen molar-refractivity contribution in [1.82, 2.24) is 9.78 Å². The van der Waals surface area contributed by atoms with Crippen molar-refractivity contribution in [2.24, 2.45) is 0 Å². The van der Waals surface area contributed by atoms with E-state index in [4.69, 9.17) is 28.9 Å². The number of hydrogen-bond donors (Lipinski definition) is 2. The van der Waals surface area contributed by atoms with E-state index < -0.39 is 0 Å². The van der Waals surface area contributed by atoms with Crippen LogP contribution in [-0.4, -0.2) is 15.7 Å². The Kier molecular flexibility index (Phi) is 4.74. The van der Waals surface area contributed by atoms with Crippen LogP contribution in [0.4, 0.5) is 11.4 Å². The maximum atomic E-state index is 12.2. The van der Waals surface area contributed by atoms with Crippen LogP contribution in [0, 0.1) is 0 Å². The SMILES string of the molecule is Nc1c(Cl)cc(NC(=O)Cc2cnn(-c3ccccc3)c2)cc1Cl. The highest BCUT2D eigenvalue weighted by Gasteiger charge is 2.10. The van der Waals surface area contributed by atoms with Crippen LogP contribution in [0.3, 0.4) is 0 Å². The largest absolute Gasteiger partial charge is 0.396 e. The summed E-state index contributed by atoms with van der Waals surface area (Å²) < 4.78 is 1.72. The van der Waals surface area contributed by atoms with E-state index in [1.165, 1.54) is 0 Å². The molecule has 0 atom stereocenters. The third-order valence-corrected chi connectivity index (χ3v) is 4.01. The van der Waals surface area contributed by atoms with Gasteiger partial charge in [0.2, 0.25) is 5.91 Å². The molecule has 3 N–H and O–H groups in total. The molecule has 24 heavy (non-hydrogen) atoms. The molecule has 0 aliphatic heterocycles. The van der Waals surface area contributed by atoms with Gasteiger partial charge in [-0.1, -0.05) is 41.4 Å². The summed E-state index contributed by atoms with van der Waals surface area (Å²) in [5, 5.41) is 7.61. The summed E-state index contributed by atoms with van der Waals surface area (Å²) in [6, 6.07) is 12.8. The van der Waals surface area contributed by atoms with Gasteiger partial charge in [0, 0.05) is 11.9 Å². The van der Waals surface area contributed by atoms with Gasteiger partial charge in [0.05, 0.1) is 34.0 Å². The zero-order valence-electron chi connectivity index (χ0n) is 12.5. The number of nitrogen functional groups attached to an aromatic ring is 1.